The highest BCUT2D eigenvalue weighted by Crippen LogP contribution is 2.22. The first kappa shape index (κ1) is 20.9. The molecule has 1 aromatic heterocycles. The molecule has 0 saturated carbocycles. The van der Waals surface area contributed by atoms with Crippen molar-refractivity contribution in [3.63, 3.8) is 0 Å². The van der Waals surface area contributed by atoms with Crippen LogP contribution in [0.5, 0.6) is 5.75 Å². The van der Waals surface area contributed by atoms with Gasteiger partial charge in [-0.2, -0.15) is 0 Å². The summed E-state index contributed by atoms with van der Waals surface area (Å²) in [4.78, 5) is 16.4. The van der Waals surface area contributed by atoms with Crippen molar-refractivity contribution in [2.75, 3.05) is 20.3 Å². The zero-order valence-electron chi connectivity index (χ0n) is 17.4. The summed E-state index contributed by atoms with van der Waals surface area (Å²) in [6.07, 6.45) is 1.12. The number of fused-ring (bicyclic) bond motifs is 1. The van der Waals surface area contributed by atoms with Crippen molar-refractivity contribution in [1.29, 1.82) is 0 Å². The van der Waals surface area contributed by atoms with Gasteiger partial charge in [-0.25, -0.2) is 4.98 Å². The Balaban J connectivity index is 1.67. The van der Waals surface area contributed by atoms with Gasteiger partial charge in [0.05, 0.1) is 24.1 Å². The highest BCUT2D eigenvalue weighted by Gasteiger charge is 2.12. The summed E-state index contributed by atoms with van der Waals surface area (Å²) in [6.45, 7) is 5.97. The van der Waals surface area contributed by atoms with Gasteiger partial charge in [-0.15, -0.1) is 0 Å². The Morgan fingerprint density at radius 3 is 2.66 bits per heavy atom. The van der Waals surface area contributed by atoms with E-state index in [0.717, 1.165) is 29.0 Å². The highest BCUT2D eigenvalue weighted by atomic mass is 16.5. The van der Waals surface area contributed by atoms with Crippen LogP contribution in [0.2, 0.25) is 0 Å². The maximum Gasteiger partial charge on any atom is 0.246 e. The van der Waals surface area contributed by atoms with Gasteiger partial charge < -0.3 is 19.4 Å². The second-order valence-corrected chi connectivity index (χ2v) is 7.10. The number of carbonyl (C=O) groups excluding carboxylic acids is 1. The molecule has 1 unspecified atom stereocenters. The number of aromatic nitrogens is 2. The third-order valence-corrected chi connectivity index (χ3v) is 5.10. The van der Waals surface area contributed by atoms with E-state index in [1.807, 2.05) is 36.4 Å². The summed E-state index contributed by atoms with van der Waals surface area (Å²) in [5.41, 5.74) is 3.26. The summed E-state index contributed by atoms with van der Waals surface area (Å²) < 4.78 is 12.9. The van der Waals surface area contributed by atoms with Crippen molar-refractivity contribution in [2.24, 2.45) is 0 Å². The molecule has 1 heterocycles. The fraction of sp³-hybridized carbons (Fsp3) is 0.391. The average Bonchev–Trinajstić information content (AvgIpc) is 3.10. The summed E-state index contributed by atoms with van der Waals surface area (Å²) in [5, 5.41) is 2.84. The molecule has 0 radical (unpaired) electrons. The molecule has 6 heteroatoms. The number of amides is 1. The lowest BCUT2D eigenvalue weighted by atomic mass is 9.99. The predicted octanol–water partition coefficient (Wildman–Crippen LogP) is 3.89. The first-order valence-corrected chi connectivity index (χ1v) is 10.0. The zero-order valence-corrected chi connectivity index (χ0v) is 17.4. The second-order valence-electron chi connectivity index (χ2n) is 7.10. The van der Waals surface area contributed by atoms with Crippen LogP contribution in [-0.4, -0.2) is 35.8 Å². The van der Waals surface area contributed by atoms with Gasteiger partial charge in [0.15, 0.2) is 0 Å². The van der Waals surface area contributed by atoms with Crippen molar-refractivity contribution in [2.45, 2.75) is 39.3 Å². The molecule has 6 nitrogen and oxygen atoms in total. The lowest BCUT2D eigenvalue weighted by molar-refractivity contribution is -0.124. The Labute approximate surface area is 171 Å². The number of carbonyl (C=O) groups is 1. The minimum Gasteiger partial charge on any atom is -0.492 e. The van der Waals surface area contributed by atoms with Crippen molar-refractivity contribution in [3.8, 4) is 5.75 Å². The van der Waals surface area contributed by atoms with Gasteiger partial charge in [-0.05, 0) is 42.2 Å². The Kier molecular flexibility index (Phi) is 7.25. The Morgan fingerprint density at radius 1 is 1.17 bits per heavy atom. The van der Waals surface area contributed by atoms with E-state index in [-0.39, 0.29) is 12.5 Å². The normalized spacial score (nSPS) is 12.1. The van der Waals surface area contributed by atoms with E-state index in [2.05, 4.69) is 40.8 Å². The maximum atomic E-state index is 11.7. The van der Waals surface area contributed by atoms with Crippen molar-refractivity contribution >= 4 is 16.9 Å². The Morgan fingerprint density at radius 2 is 1.93 bits per heavy atom. The number of imidazole rings is 1. The molecule has 1 amide bonds. The van der Waals surface area contributed by atoms with Crippen LogP contribution >= 0.6 is 0 Å². The van der Waals surface area contributed by atoms with E-state index < -0.39 is 0 Å². The lowest BCUT2D eigenvalue weighted by Crippen LogP contribution is -2.28. The third-order valence-electron chi connectivity index (χ3n) is 5.10. The van der Waals surface area contributed by atoms with E-state index in [1.165, 1.54) is 12.7 Å². The second kappa shape index (κ2) is 10.1. The molecule has 3 rings (SSSR count). The minimum atomic E-state index is -0.163. The maximum absolute atomic E-state index is 11.7. The van der Waals surface area contributed by atoms with Crippen LogP contribution in [0, 0.1) is 0 Å². The van der Waals surface area contributed by atoms with Crippen LogP contribution in [-0.2, 0) is 22.6 Å². The van der Waals surface area contributed by atoms with Crippen molar-refractivity contribution in [1.82, 2.24) is 14.9 Å². The van der Waals surface area contributed by atoms with Crippen LogP contribution in [0.4, 0.5) is 0 Å². The number of para-hydroxylation sites is 2. The van der Waals surface area contributed by atoms with Crippen LogP contribution in [0.15, 0.2) is 48.5 Å². The fourth-order valence-corrected chi connectivity index (χ4v) is 3.25. The molecule has 0 spiro atoms. The van der Waals surface area contributed by atoms with E-state index >= 15 is 0 Å². The first-order valence-electron chi connectivity index (χ1n) is 10.0. The topological polar surface area (TPSA) is 65.4 Å². The monoisotopic (exact) mass is 395 g/mol. The fourth-order valence-electron chi connectivity index (χ4n) is 3.25. The number of nitrogens with one attached hydrogen (secondary N) is 1. The molecular formula is C23H29N3O3. The Hall–Kier alpha value is -2.86. The number of hydrogen-bond acceptors (Lipinski definition) is 4. The van der Waals surface area contributed by atoms with Crippen LogP contribution < -0.4 is 10.1 Å². The minimum absolute atomic E-state index is 0.0377. The van der Waals surface area contributed by atoms with Gasteiger partial charge >= 0.3 is 0 Å². The predicted molar refractivity (Wildman–Crippen MR) is 114 cm³/mol. The number of rotatable bonds is 10. The molecule has 3 aromatic rings. The number of hydrogen-bond donors (Lipinski definition) is 1. The van der Waals surface area contributed by atoms with Gasteiger partial charge in [-0.1, -0.05) is 38.1 Å². The molecule has 0 fully saturated rings. The largest absolute Gasteiger partial charge is 0.492 e. The van der Waals surface area contributed by atoms with Crippen LogP contribution in [0.25, 0.3) is 11.0 Å². The standard InChI is InChI=1S/C23H29N3O3/c1-4-17(2)18-9-11-19(12-10-18)29-14-13-26-21-8-6-5-7-20(21)25-22(26)15-24-23(27)16-28-3/h5-12,17H,4,13-16H2,1-3H3,(H,24,27). The summed E-state index contributed by atoms with van der Waals surface area (Å²) in [7, 11) is 1.50. The lowest BCUT2D eigenvalue weighted by Gasteiger charge is -2.13. The van der Waals surface area contributed by atoms with E-state index in [0.29, 0.717) is 25.6 Å². The number of methoxy groups -OCH3 is 1. The smallest absolute Gasteiger partial charge is 0.246 e. The van der Waals surface area contributed by atoms with Crippen molar-refractivity contribution < 1.29 is 14.3 Å². The molecule has 0 saturated heterocycles. The number of nitrogens with zero attached hydrogens (tertiary/aromatic N) is 2. The molecule has 0 aliphatic carbocycles. The average molecular weight is 396 g/mol. The van der Waals surface area contributed by atoms with E-state index in [4.69, 9.17) is 9.47 Å². The molecule has 0 bridgehead atoms. The van der Waals surface area contributed by atoms with Gasteiger partial charge in [0.1, 0.15) is 24.8 Å². The number of benzene rings is 2. The molecule has 0 aliphatic rings. The number of ether oxygens (including phenoxy) is 2. The van der Waals surface area contributed by atoms with E-state index in [1.54, 1.807) is 0 Å². The molecule has 29 heavy (non-hydrogen) atoms. The van der Waals surface area contributed by atoms with Gasteiger partial charge in [0, 0.05) is 7.11 Å². The summed E-state index contributed by atoms with van der Waals surface area (Å²) in [6, 6.07) is 16.3. The third kappa shape index (κ3) is 5.35. The zero-order chi connectivity index (χ0) is 20.6. The molecule has 1 atom stereocenters. The van der Waals surface area contributed by atoms with Crippen LogP contribution in [0.3, 0.4) is 0 Å². The summed E-state index contributed by atoms with van der Waals surface area (Å²) >= 11 is 0. The Bertz CT molecular complexity index is 934. The molecular weight excluding hydrogens is 366 g/mol. The quantitative estimate of drug-likeness (QED) is 0.566. The highest BCUT2D eigenvalue weighted by molar-refractivity contribution is 5.78. The van der Waals surface area contributed by atoms with Gasteiger partial charge in [-0.3, -0.25) is 4.79 Å². The molecule has 154 valence electrons. The van der Waals surface area contributed by atoms with Crippen LogP contribution in [0.1, 0.15) is 37.6 Å². The van der Waals surface area contributed by atoms with Gasteiger partial charge in [0.2, 0.25) is 5.91 Å². The molecule has 1 N–H and O–H groups in total. The molecule has 0 aliphatic heterocycles. The van der Waals surface area contributed by atoms with Crippen molar-refractivity contribution in [3.05, 3.63) is 59.9 Å². The van der Waals surface area contributed by atoms with Gasteiger partial charge in [0.25, 0.3) is 0 Å². The first-order chi connectivity index (χ1) is 14.1. The summed E-state index contributed by atoms with van der Waals surface area (Å²) in [5.74, 6) is 2.05. The van der Waals surface area contributed by atoms with E-state index in [9.17, 15) is 4.79 Å². The molecule has 2 aromatic carbocycles. The SMILES string of the molecule is CCC(C)c1ccc(OCCn2c(CNC(=O)COC)nc3ccccc32)cc1.